The van der Waals surface area contributed by atoms with Gasteiger partial charge in [0, 0.05) is 6.07 Å². The maximum absolute atomic E-state index is 10.8. The molecule has 0 amide bonds. The fourth-order valence-electron chi connectivity index (χ4n) is 1.53. The Balaban J connectivity index is 3.45. The topological polar surface area (TPSA) is 104 Å². The van der Waals surface area contributed by atoms with Crippen LogP contribution in [0, 0.1) is 21.4 Å². The summed E-state index contributed by atoms with van der Waals surface area (Å²) in [6.45, 7) is 1.80. The third kappa shape index (κ3) is 2.78. The number of benzene rings is 1. The molecule has 6 nitrogen and oxygen atoms in total. The van der Waals surface area contributed by atoms with E-state index in [1.165, 1.54) is 12.1 Å². The lowest BCUT2D eigenvalue weighted by Gasteiger charge is -2.05. The number of hydrogen-bond acceptors (Lipinski definition) is 4. The summed E-state index contributed by atoms with van der Waals surface area (Å²) in [6.07, 6.45) is 0.150. The molecular formula is C11H10N2O4. The summed E-state index contributed by atoms with van der Waals surface area (Å²) in [5, 5.41) is 28.4. The van der Waals surface area contributed by atoms with Gasteiger partial charge in [-0.3, -0.25) is 14.9 Å². The normalized spacial score (nSPS) is 9.65. The molecule has 0 atom stereocenters. The van der Waals surface area contributed by atoms with Gasteiger partial charge in [-0.1, -0.05) is 13.0 Å². The molecule has 1 aromatic carbocycles. The van der Waals surface area contributed by atoms with Crippen molar-refractivity contribution in [1.82, 2.24) is 0 Å². The van der Waals surface area contributed by atoms with Gasteiger partial charge < -0.3 is 5.11 Å². The Hall–Kier alpha value is -2.42. The highest BCUT2D eigenvalue weighted by atomic mass is 16.6. The van der Waals surface area contributed by atoms with E-state index in [1.807, 2.05) is 0 Å². The lowest BCUT2D eigenvalue weighted by Crippen LogP contribution is -2.05. The Kier molecular flexibility index (Phi) is 3.78. The second kappa shape index (κ2) is 5.07. The summed E-state index contributed by atoms with van der Waals surface area (Å²) in [6, 6.07) is 4.53. The second-order valence-corrected chi connectivity index (χ2v) is 3.44. The SMILES string of the molecule is CCc1cc(CC(=O)O)c(C#N)c([N+](=O)[O-])c1. The summed E-state index contributed by atoms with van der Waals surface area (Å²) in [5.74, 6) is -1.12. The van der Waals surface area contributed by atoms with Crippen molar-refractivity contribution in [3.8, 4) is 6.07 Å². The molecule has 1 rings (SSSR count). The predicted octanol–water partition coefficient (Wildman–Crippen LogP) is 1.66. The van der Waals surface area contributed by atoms with E-state index in [0.29, 0.717) is 12.0 Å². The minimum Gasteiger partial charge on any atom is -0.481 e. The van der Waals surface area contributed by atoms with Gasteiger partial charge in [-0.2, -0.15) is 5.26 Å². The molecule has 88 valence electrons. The van der Waals surface area contributed by atoms with E-state index in [4.69, 9.17) is 10.4 Å². The lowest BCUT2D eigenvalue weighted by atomic mass is 9.99. The molecule has 0 unspecified atom stereocenters. The third-order valence-corrected chi connectivity index (χ3v) is 2.32. The first-order valence-electron chi connectivity index (χ1n) is 4.91. The molecule has 0 saturated heterocycles. The Morgan fingerprint density at radius 2 is 2.24 bits per heavy atom. The van der Waals surface area contributed by atoms with Gasteiger partial charge in [-0.15, -0.1) is 0 Å². The standard InChI is InChI=1S/C11H10N2O4/c1-2-7-3-8(5-11(14)15)9(6-12)10(4-7)13(16)17/h3-4H,2,5H2,1H3,(H,14,15). The van der Waals surface area contributed by atoms with Crippen LogP contribution in [0.2, 0.25) is 0 Å². The summed E-state index contributed by atoms with van der Waals surface area (Å²) >= 11 is 0. The van der Waals surface area contributed by atoms with Gasteiger partial charge in [-0.25, -0.2) is 0 Å². The van der Waals surface area contributed by atoms with Gasteiger partial charge >= 0.3 is 5.97 Å². The average Bonchev–Trinajstić information content (AvgIpc) is 2.26. The van der Waals surface area contributed by atoms with E-state index in [2.05, 4.69) is 0 Å². The molecular weight excluding hydrogens is 224 g/mol. The number of nitriles is 1. The summed E-state index contributed by atoms with van der Waals surface area (Å²) in [7, 11) is 0. The Bertz CT molecular complexity index is 517. The highest BCUT2D eigenvalue weighted by Crippen LogP contribution is 2.24. The van der Waals surface area contributed by atoms with E-state index >= 15 is 0 Å². The molecule has 0 aromatic heterocycles. The van der Waals surface area contributed by atoms with Gasteiger partial charge in [0.2, 0.25) is 0 Å². The molecule has 0 fully saturated rings. The fourth-order valence-corrected chi connectivity index (χ4v) is 1.53. The largest absolute Gasteiger partial charge is 0.481 e. The number of carbonyl (C=O) groups is 1. The zero-order chi connectivity index (χ0) is 13.0. The third-order valence-electron chi connectivity index (χ3n) is 2.32. The van der Waals surface area contributed by atoms with Crippen LogP contribution < -0.4 is 0 Å². The van der Waals surface area contributed by atoms with Crippen LogP contribution in [0.1, 0.15) is 23.6 Å². The van der Waals surface area contributed by atoms with Crippen molar-refractivity contribution in [2.45, 2.75) is 19.8 Å². The van der Waals surface area contributed by atoms with Crippen LogP contribution in [0.3, 0.4) is 0 Å². The molecule has 0 bridgehead atoms. The minimum atomic E-state index is -1.12. The molecule has 0 radical (unpaired) electrons. The summed E-state index contributed by atoms with van der Waals surface area (Å²) in [4.78, 5) is 20.8. The maximum atomic E-state index is 10.8. The number of rotatable bonds is 4. The van der Waals surface area contributed by atoms with Crippen LogP contribution in [0.25, 0.3) is 0 Å². The van der Waals surface area contributed by atoms with Crippen LogP contribution in [0.15, 0.2) is 12.1 Å². The van der Waals surface area contributed by atoms with Crippen LogP contribution in [-0.4, -0.2) is 16.0 Å². The average molecular weight is 234 g/mol. The first kappa shape index (κ1) is 12.6. The van der Waals surface area contributed by atoms with Gasteiger partial charge in [0.15, 0.2) is 0 Å². The van der Waals surface area contributed by atoms with Crippen LogP contribution in [0.5, 0.6) is 0 Å². The predicted molar refractivity (Wildman–Crippen MR) is 58.5 cm³/mol. The van der Waals surface area contributed by atoms with E-state index in [9.17, 15) is 14.9 Å². The molecule has 0 aliphatic heterocycles. The van der Waals surface area contributed by atoms with Crippen molar-refractivity contribution in [3.63, 3.8) is 0 Å². The maximum Gasteiger partial charge on any atom is 0.307 e. The van der Waals surface area contributed by atoms with E-state index in [-0.39, 0.29) is 16.8 Å². The molecule has 17 heavy (non-hydrogen) atoms. The van der Waals surface area contributed by atoms with Gasteiger partial charge in [0.25, 0.3) is 5.69 Å². The molecule has 0 aliphatic rings. The Morgan fingerprint density at radius 3 is 2.65 bits per heavy atom. The fraction of sp³-hybridized carbons (Fsp3) is 0.273. The van der Waals surface area contributed by atoms with Crippen molar-refractivity contribution in [1.29, 1.82) is 5.26 Å². The summed E-state index contributed by atoms with van der Waals surface area (Å²) < 4.78 is 0. The highest BCUT2D eigenvalue weighted by molar-refractivity contribution is 5.73. The van der Waals surface area contributed by atoms with Gasteiger partial charge in [0.05, 0.1) is 11.3 Å². The minimum absolute atomic E-state index is 0.172. The zero-order valence-electron chi connectivity index (χ0n) is 9.14. The number of nitro groups is 1. The number of aliphatic carboxylic acids is 1. The Morgan fingerprint density at radius 1 is 1.59 bits per heavy atom. The number of hydrogen-bond donors (Lipinski definition) is 1. The van der Waals surface area contributed by atoms with Crippen molar-refractivity contribution in [2.75, 3.05) is 0 Å². The van der Waals surface area contributed by atoms with Crippen LogP contribution >= 0.6 is 0 Å². The second-order valence-electron chi connectivity index (χ2n) is 3.44. The number of carboxylic acids is 1. The molecule has 6 heteroatoms. The van der Waals surface area contributed by atoms with Crippen molar-refractivity contribution >= 4 is 11.7 Å². The lowest BCUT2D eigenvalue weighted by molar-refractivity contribution is -0.385. The van der Waals surface area contributed by atoms with E-state index < -0.39 is 17.3 Å². The quantitative estimate of drug-likeness (QED) is 0.630. The zero-order valence-corrected chi connectivity index (χ0v) is 9.14. The molecule has 0 aliphatic carbocycles. The van der Waals surface area contributed by atoms with Crippen molar-refractivity contribution < 1.29 is 14.8 Å². The molecule has 0 saturated carbocycles. The number of carboxylic acid groups (broad SMARTS) is 1. The summed E-state index contributed by atoms with van der Waals surface area (Å²) in [5.41, 5.74) is 0.329. The number of nitro benzene ring substituents is 1. The van der Waals surface area contributed by atoms with Crippen molar-refractivity contribution in [3.05, 3.63) is 38.9 Å². The van der Waals surface area contributed by atoms with E-state index in [1.54, 1.807) is 13.0 Å². The molecule has 1 N–H and O–H groups in total. The first-order chi connectivity index (χ1) is 7.99. The number of aryl methyl sites for hydroxylation is 1. The molecule has 1 aromatic rings. The van der Waals surface area contributed by atoms with Crippen LogP contribution in [-0.2, 0) is 17.6 Å². The highest BCUT2D eigenvalue weighted by Gasteiger charge is 2.20. The first-order valence-corrected chi connectivity index (χ1v) is 4.91. The Labute approximate surface area is 97.3 Å². The van der Waals surface area contributed by atoms with Gasteiger partial charge in [0.1, 0.15) is 11.6 Å². The van der Waals surface area contributed by atoms with Crippen LogP contribution in [0.4, 0.5) is 5.69 Å². The van der Waals surface area contributed by atoms with E-state index in [0.717, 1.165) is 0 Å². The number of nitrogens with zero attached hydrogens (tertiary/aromatic N) is 2. The monoisotopic (exact) mass is 234 g/mol. The smallest absolute Gasteiger partial charge is 0.307 e. The van der Waals surface area contributed by atoms with Crippen molar-refractivity contribution in [2.24, 2.45) is 0 Å². The molecule has 0 heterocycles. The van der Waals surface area contributed by atoms with Gasteiger partial charge in [-0.05, 0) is 17.5 Å². The molecule has 0 spiro atoms.